The van der Waals surface area contributed by atoms with Crippen molar-refractivity contribution in [3.8, 4) is 0 Å². The van der Waals surface area contributed by atoms with Gasteiger partial charge in [0.1, 0.15) is 5.60 Å². The standard InChI is InChI=1S/C16H26N2O3S/c1-11-7-8-22-13(11)9-17-14(19)12(2)10-18(6)15(20)21-16(3,4)5/h7-8,12H,9-10H2,1-6H3,(H,17,19)/t12-/m1/s1. The van der Waals surface area contributed by atoms with Gasteiger partial charge in [0.2, 0.25) is 5.91 Å². The number of thiophene rings is 1. The van der Waals surface area contributed by atoms with E-state index in [1.54, 1.807) is 25.3 Å². The molecule has 1 aromatic rings. The van der Waals surface area contributed by atoms with Crippen LogP contribution in [0.4, 0.5) is 4.79 Å². The highest BCUT2D eigenvalue weighted by molar-refractivity contribution is 7.10. The maximum absolute atomic E-state index is 12.1. The molecule has 0 aliphatic rings. The highest BCUT2D eigenvalue weighted by atomic mass is 32.1. The van der Waals surface area contributed by atoms with Crippen LogP contribution in [-0.2, 0) is 16.1 Å². The van der Waals surface area contributed by atoms with Crippen LogP contribution in [0.25, 0.3) is 0 Å². The average Bonchev–Trinajstić information content (AvgIpc) is 2.79. The number of nitrogens with zero attached hydrogens (tertiary/aromatic N) is 1. The van der Waals surface area contributed by atoms with Gasteiger partial charge in [-0.05, 0) is 44.7 Å². The molecule has 2 amide bonds. The quantitative estimate of drug-likeness (QED) is 0.904. The Morgan fingerprint density at radius 1 is 1.41 bits per heavy atom. The molecule has 22 heavy (non-hydrogen) atoms. The molecule has 1 atom stereocenters. The van der Waals surface area contributed by atoms with Gasteiger partial charge in [0, 0.05) is 18.5 Å². The Morgan fingerprint density at radius 2 is 2.05 bits per heavy atom. The molecule has 0 radical (unpaired) electrons. The Hall–Kier alpha value is -1.56. The van der Waals surface area contributed by atoms with E-state index in [4.69, 9.17) is 4.74 Å². The zero-order valence-corrected chi connectivity index (χ0v) is 15.0. The van der Waals surface area contributed by atoms with Gasteiger partial charge in [0.05, 0.1) is 12.5 Å². The number of nitrogens with one attached hydrogen (secondary N) is 1. The molecule has 124 valence electrons. The Morgan fingerprint density at radius 3 is 2.55 bits per heavy atom. The first-order valence-corrected chi connectivity index (χ1v) is 8.23. The van der Waals surface area contributed by atoms with E-state index in [1.807, 2.05) is 39.1 Å². The van der Waals surface area contributed by atoms with Crippen LogP contribution in [0.2, 0.25) is 0 Å². The summed E-state index contributed by atoms with van der Waals surface area (Å²) in [4.78, 5) is 26.6. The molecule has 0 aliphatic heterocycles. The molecule has 0 saturated heterocycles. The second-order valence-corrected chi connectivity index (χ2v) is 7.51. The summed E-state index contributed by atoms with van der Waals surface area (Å²) < 4.78 is 5.27. The van der Waals surface area contributed by atoms with Crippen molar-refractivity contribution in [2.45, 2.75) is 46.8 Å². The third kappa shape index (κ3) is 6.05. The molecule has 6 heteroatoms. The Balaban J connectivity index is 2.43. The molecule has 0 spiro atoms. The number of hydrogen-bond acceptors (Lipinski definition) is 4. The van der Waals surface area contributed by atoms with Crippen LogP contribution in [0.3, 0.4) is 0 Å². The molecule has 1 N–H and O–H groups in total. The van der Waals surface area contributed by atoms with Crippen LogP contribution in [0.5, 0.6) is 0 Å². The molecule has 0 fully saturated rings. The van der Waals surface area contributed by atoms with Crippen LogP contribution in [0.15, 0.2) is 11.4 Å². The molecule has 0 aliphatic carbocycles. The molecule has 0 saturated carbocycles. The van der Waals surface area contributed by atoms with Crippen molar-refractivity contribution >= 4 is 23.3 Å². The number of ether oxygens (including phenoxy) is 1. The van der Waals surface area contributed by atoms with Gasteiger partial charge in [-0.3, -0.25) is 4.79 Å². The number of hydrogen-bond donors (Lipinski definition) is 1. The topological polar surface area (TPSA) is 58.6 Å². The fourth-order valence-electron chi connectivity index (χ4n) is 1.83. The normalized spacial score (nSPS) is 12.6. The van der Waals surface area contributed by atoms with Crippen molar-refractivity contribution in [3.05, 3.63) is 21.9 Å². The number of carbonyl (C=O) groups excluding carboxylic acids is 2. The van der Waals surface area contributed by atoms with Gasteiger partial charge in [0.15, 0.2) is 0 Å². The molecule has 0 unspecified atom stereocenters. The summed E-state index contributed by atoms with van der Waals surface area (Å²) in [5.74, 6) is -0.360. The first-order chi connectivity index (χ1) is 10.1. The van der Waals surface area contributed by atoms with Crippen LogP contribution in [-0.4, -0.2) is 36.1 Å². The van der Waals surface area contributed by atoms with Crippen molar-refractivity contribution < 1.29 is 14.3 Å². The van der Waals surface area contributed by atoms with Crippen LogP contribution >= 0.6 is 11.3 Å². The third-order valence-electron chi connectivity index (χ3n) is 3.09. The minimum Gasteiger partial charge on any atom is -0.444 e. The van der Waals surface area contributed by atoms with Gasteiger partial charge >= 0.3 is 6.09 Å². The summed E-state index contributed by atoms with van der Waals surface area (Å²) >= 11 is 1.63. The van der Waals surface area contributed by atoms with E-state index < -0.39 is 11.7 Å². The van der Waals surface area contributed by atoms with E-state index in [1.165, 1.54) is 10.5 Å². The van der Waals surface area contributed by atoms with Crippen molar-refractivity contribution in [1.29, 1.82) is 0 Å². The SMILES string of the molecule is Cc1ccsc1CNC(=O)[C@H](C)CN(C)C(=O)OC(C)(C)C. The summed E-state index contributed by atoms with van der Waals surface area (Å²) in [5.41, 5.74) is 0.650. The highest BCUT2D eigenvalue weighted by Crippen LogP contribution is 2.15. The van der Waals surface area contributed by atoms with Crippen molar-refractivity contribution in [3.63, 3.8) is 0 Å². The largest absolute Gasteiger partial charge is 0.444 e. The smallest absolute Gasteiger partial charge is 0.410 e. The first kappa shape index (κ1) is 18.5. The van der Waals surface area contributed by atoms with Gasteiger partial charge in [-0.1, -0.05) is 6.92 Å². The fraction of sp³-hybridized carbons (Fsp3) is 0.625. The summed E-state index contributed by atoms with van der Waals surface area (Å²) in [6.07, 6.45) is -0.416. The molecule has 1 rings (SSSR count). The predicted molar refractivity (Wildman–Crippen MR) is 88.9 cm³/mol. The maximum atomic E-state index is 12.1. The molecule has 1 heterocycles. The summed E-state index contributed by atoms with van der Waals surface area (Å²) in [5, 5.41) is 4.92. The zero-order valence-electron chi connectivity index (χ0n) is 14.2. The summed E-state index contributed by atoms with van der Waals surface area (Å²) in [7, 11) is 1.64. The van der Waals surface area contributed by atoms with Crippen LogP contribution in [0, 0.1) is 12.8 Å². The van der Waals surface area contributed by atoms with Crippen LogP contribution < -0.4 is 5.32 Å². The van der Waals surface area contributed by atoms with Crippen molar-refractivity contribution in [2.24, 2.45) is 5.92 Å². The van der Waals surface area contributed by atoms with Gasteiger partial charge in [0.25, 0.3) is 0 Å². The predicted octanol–water partition coefficient (Wildman–Crippen LogP) is 3.18. The Bertz CT molecular complexity index is 520. The van der Waals surface area contributed by atoms with Crippen molar-refractivity contribution in [2.75, 3.05) is 13.6 Å². The van der Waals surface area contributed by atoms with E-state index in [2.05, 4.69) is 5.32 Å². The van der Waals surface area contributed by atoms with Crippen LogP contribution in [0.1, 0.15) is 38.1 Å². The number of aryl methyl sites for hydroxylation is 1. The second kappa shape index (κ2) is 7.63. The average molecular weight is 326 g/mol. The van der Waals surface area contributed by atoms with E-state index in [0.717, 1.165) is 4.88 Å². The lowest BCUT2D eigenvalue weighted by atomic mass is 10.1. The molecular formula is C16H26N2O3S. The lowest BCUT2D eigenvalue weighted by Crippen LogP contribution is -2.40. The van der Waals surface area contributed by atoms with Gasteiger partial charge < -0.3 is 15.0 Å². The summed E-state index contributed by atoms with van der Waals surface area (Å²) in [6.45, 7) is 10.1. The minimum absolute atomic E-state index is 0.0665. The Labute approximate surface area is 136 Å². The highest BCUT2D eigenvalue weighted by Gasteiger charge is 2.23. The van der Waals surface area contributed by atoms with Crippen molar-refractivity contribution in [1.82, 2.24) is 10.2 Å². The first-order valence-electron chi connectivity index (χ1n) is 7.35. The summed E-state index contributed by atoms with van der Waals surface area (Å²) in [6, 6.07) is 2.03. The monoisotopic (exact) mass is 326 g/mol. The van der Waals surface area contributed by atoms with Gasteiger partial charge in [-0.2, -0.15) is 0 Å². The molecule has 0 bridgehead atoms. The molecular weight excluding hydrogens is 300 g/mol. The van der Waals surface area contributed by atoms with Gasteiger partial charge in [-0.25, -0.2) is 4.79 Å². The number of amides is 2. The molecule has 1 aromatic heterocycles. The van der Waals surface area contributed by atoms with E-state index >= 15 is 0 Å². The second-order valence-electron chi connectivity index (χ2n) is 6.51. The number of carbonyl (C=O) groups is 2. The fourth-order valence-corrected chi connectivity index (χ4v) is 2.68. The van der Waals surface area contributed by atoms with E-state index in [-0.39, 0.29) is 11.8 Å². The lowest BCUT2D eigenvalue weighted by molar-refractivity contribution is -0.125. The minimum atomic E-state index is -0.534. The zero-order chi connectivity index (χ0) is 16.9. The van der Waals surface area contributed by atoms with Gasteiger partial charge in [-0.15, -0.1) is 11.3 Å². The lowest BCUT2D eigenvalue weighted by Gasteiger charge is -2.26. The molecule has 0 aromatic carbocycles. The van der Waals surface area contributed by atoms with E-state index in [9.17, 15) is 9.59 Å². The molecule has 5 nitrogen and oxygen atoms in total. The maximum Gasteiger partial charge on any atom is 0.410 e. The third-order valence-corrected chi connectivity index (χ3v) is 4.11. The van der Waals surface area contributed by atoms with E-state index in [0.29, 0.717) is 13.1 Å². The number of rotatable bonds is 5. The Kier molecular flexibility index (Phi) is 6.41.